The Morgan fingerprint density at radius 3 is 2.50 bits per heavy atom. The summed E-state index contributed by atoms with van der Waals surface area (Å²) in [5, 5.41) is 13.7. The van der Waals surface area contributed by atoms with Crippen molar-refractivity contribution in [1.29, 1.82) is 0 Å². The number of anilines is 1. The summed E-state index contributed by atoms with van der Waals surface area (Å²) in [4.78, 5) is 21.9. The Kier molecular flexibility index (Phi) is 5.01. The lowest BCUT2D eigenvalue weighted by molar-refractivity contribution is -0.143. The van der Waals surface area contributed by atoms with E-state index in [2.05, 4.69) is 30.6 Å². The highest BCUT2D eigenvalue weighted by molar-refractivity contribution is 6.32. The maximum absolute atomic E-state index is 14.6. The Bertz CT molecular complexity index is 1520. The minimum Gasteiger partial charge on any atom is -0.320 e. The summed E-state index contributed by atoms with van der Waals surface area (Å²) >= 11 is 6.14. The number of nitrogens with zero attached hydrogens (tertiary/aromatic N) is 8. The van der Waals surface area contributed by atoms with E-state index in [1.165, 1.54) is 43.1 Å². The van der Waals surface area contributed by atoms with Gasteiger partial charge in [0.25, 0.3) is 5.91 Å². The molecule has 0 aliphatic rings. The van der Waals surface area contributed by atoms with Gasteiger partial charge in [-0.3, -0.25) is 9.20 Å². The molecule has 1 amide bonds. The molecule has 0 saturated carbocycles. The Labute approximate surface area is 191 Å². The van der Waals surface area contributed by atoms with Gasteiger partial charge in [0.05, 0.1) is 41.1 Å². The third-order valence-corrected chi connectivity index (χ3v) is 4.94. The second-order valence-corrected chi connectivity index (χ2v) is 7.19. The number of halogens is 5. The summed E-state index contributed by atoms with van der Waals surface area (Å²) in [6.07, 6.45) is 2.19. The minimum atomic E-state index is -5.05. The van der Waals surface area contributed by atoms with Gasteiger partial charge < -0.3 is 5.32 Å². The van der Waals surface area contributed by atoms with Gasteiger partial charge in [0.15, 0.2) is 23.1 Å². The van der Waals surface area contributed by atoms with Gasteiger partial charge in [-0.25, -0.2) is 19.0 Å². The lowest BCUT2D eigenvalue weighted by Crippen LogP contribution is -2.22. The van der Waals surface area contributed by atoms with Gasteiger partial charge in [-0.2, -0.15) is 28.5 Å². The summed E-state index contributed by atoms with van der Waals surface area (Å²) in [6, 6.07) is 3.53. The molecular weight excluding hydrogens is 482 g/mol. The maximum atomic E-state index is 14.6. The first-order valence-electron chi connectivity index (χ1n) is 9.35. The molecule has 0 aromatic carbocycles. The number of fused-ring (bicyclic) bond motifs is 1. The predicted octanol–water partition coefficient (Wildman–Crippen LogP) is 3.56. The van der Waals surface area contributed by atoms with Gasteiger partial charge in [-0.05, 0) is 18.2 Å². The van der Waals surface area contributed by atoms with Gasteiger partial charge in [-0.1, -0.05) is 11.6 Å². The van der Waals surface area contributed by atoms with Crippen molar-refractivity contribution in [3.8, 4) is 11.6 Å². The first-order valence-corrected chi connectivity index (χ1v) is 9.72. The first kappa shape index (κ1) is 21.5. The van der Waals surface area contributed by atoms with Gasteiger partial charge in [0.2, 0.25) is 0 Å². The number of hydrogen-bond donors (Lipinski definition) is 1. The van der Waals surface area contributed by atoms with Crippen molar-refractivity contribution in [3.05, 3.63) is 77.5 Å². The highest BCUT2D eigenvalue weighted by Gasteiger charge is 2.41. The van der Waals surface area contributed by atoms with Crippen molar-refractivity contribution in [2.24, 2.45) is 0 Å². The zero-order chi connectivity index (χ0) is 24.0. The maximum Gasteiger partial charge on any atom is 0.434 e. The number of hydrogen-bond acceptors (Lipinski definition) is 6. The predicted molar refractivity (Wildman–Crippen MR) is 109 cm³/mol. The highest BCUT2D eigenvalue weighted by atomic mass is 35.5. The monoisotopic (exact) mass is 491 g/mol. The highest BCUT2D eigenvalue weighted by Crippen LogP contribution is 2.35. The van der Waals surface area contributed by atoms with Crippen LogP contribution in [0.2, 0.25) is 5.02 Å². The second-order valence-electron chi connectivity index (χ2n) is 6.78. The van der Waals surface area contributed by atoms with Crippen LogP contribution >= 0.6 is 11.6 Å². The smallest absolute Gasteiger partial charge is 0.320 e. The summed E-state index contributed by atoms with van der Waals surface area (Å²) in [7, 11) is 0. The molecule has 0 unspecified atom stereocenters. The molecule has 34 heavy (non-hydrogen) atoms. The third kappa shape index (κ3) is 3.63. The molecule has 5 aromatic rings. The first-order chi connectivity index (χ1) is 16.2. The van der Waals surface area contributed by atoms with E-state index in [0.29, 0.717) is 10.9 Å². The molecule has 15 heteroatoms. The van der Waals surface area contributed by atoms with Crippen LogP contribution in [-0.2, 0) is 6.18 Å². The zero-order valence-electron chi connectivity index (χ0n) is 16.6. The third-order valence-electron chi connectivity index (χ3n) is 4.66. The van der Waals surface area contributed by atoms with Crippen molar-refractivity contribution >= 4 is 28.8 Å². The van der Waals surface area contributed by atoms with Gasteiger partial charge in [0.1, 0.15) is 5.65 Å². The van der Waals surface area contributed by atoms with Gasteiger partial charge >= 0.3 is 6.18 Å². The lowest BCUT2D eigenvalue weighted by atomic mass is 10.2. The van der Waals surface area contributed by atoms with E-state index in [1.807, 2.05) is 0 Å². The Hall–Kier alpha value is -4.33. The van der Waals surface area contributed by atoms with Crippen LogP contribution in [0, 0.1) is 5.82 Å². The van der Waals surface area contributed by atoms with Crippen molar-refractivity contribution in [1.82, 2.24) is 39.1 Å². The Morgan fingerprint density at radius 2 is 1.79 bits per heavy atom. The molecule has 172 valence electrons. The molecule has 1 N–H and O–H groups in total. The van der Waals surface area contributed by atoms with Crippen LogP contribution in [0.15, 0.2) is 55.4 Å². The molecular formula is C19H10ClF4N9O. The number of pyridine rings is 2. The molecule has 0 radical (unpaired) electrons. The number of rotatable bonds is 4. The van der Waals surface area contributed by atoms with Crippen LogP contribution in [0.25, 0.3) is 17.3 Å². The van der Waals surface area contributed by atoms with Crippen LogP contribution in [0.5, 0.6) is 0 Å². The fraction of sp³-hybridized carbons (Fsp3) is 0.0526. The number of alkyl halides is 3. The molecule has 0 aliphatic heterocycles. The molecule has 0 spiro atoms. The Balaban J connectivity index is 1.54. The zero-order valence-corrected chi connectivity index (χ0v) is 17.3. The second kappa shape index (κ2) is 7.91. The Morgan fingerprint density at radius 1 is 1.03 bits per heavy atom. The minimum absolute atomic E-state index is 0.00896. The van der Waals surface area contributed by atoms with Crippen molar-refractivity contribution < 1.29 is 22.4 Å². The van der Waals surface area contributed by atoms with Gasteiger partial charge in [-0.15, -0.1) is 4.80 Å². The van der Waals surface area contributed by atoms with E-state index < -0.39 is 35.0 Å². The standard InChI is InChI=1S/C19H10ClF4N9O/c20-12-7-10(8-26-16(12)33-27-3-4-28-33)30-17(34)11-9-29-32(15(11)19(22,23)24)18-13(21)1-2-14-25-5-6-31(14)18/h1-9H,(H,30,34). The van der Waals surface area contributed by atoms with E-state index in [9.17, 15) is 22.4 Å². The number of amides is 1. The molecule has 5 aromatic heterocycles. The van der Waals surface area contributed by atoms with E-state index in [-0.39, 0.29) is 22.2 Å². The average Bonchev–Trinajstić information content (AvgIpc) is 3.53. The average molecular weight is 492 g/mol. The van der Waals surface area contributed by atoms with Crippen molar-refractivity contribution in [3.63, 3.8) is 0 Å². The topological polar surface area (TPSA) is 108 Å². The number of carbonyl (C=O) groups is 1. The largest absolute Gasteiger partial charge is 0.434 e. The van der Waals surface area contributed by atoms with E-state index in [1.54, 1.807) is 0 Å². The molecule has 10 nitrogen and oxygen atoms in total. The molecule has 0 atom stereocenters. The van der Waals surface area contributed by atoms with Crippen LogP contribution in [0.4, 0.5) is 23.2 Å². The fourth-order valence-corrected chi connectivity index (χ4v) is 3.52. The molecule has 5 rings (SSSR count). The summed E-state index contributed by atoms with van der Waals surface area (Å²) in [5.74, 6) is -2.55. The van der Waals surface area contributed by atoms with Gasteiger partial charge in [0, 0.05) is 12.4 Å². The van der Waals surface area contributed by atoms with Crippen molar-refractivity contribution in [2.45, 2.75) is 6.18 Å². The van der Waals surface area contributed by atoms with E-state index in [4.69, 9.17) is 11.6 Å². The quantitative estimate of drug-likeness (QED) is 0.385. The van der Waals surface area contributed by atoms with Crippen LogP contribution < -0.4 is 5.32 Å². The van der Waals surface area contributed by atoms with E-state index in [0.717, 1.165) is 15.3 Å². The number of aromatic nitrogens is 8. The van der Waals surface area contributed by atoms with E-state index >= 15 is 0 Å². The molecule has 0 saturated heterocycles. The summed E-state index contributed by atoms with van der Waals surface area (Å²) in [6.45, 7) is 0. The van der Waals surface area contributed by atoms with Crippen LogP contribution in [0.1, 0.15) is 16.1 Å². The molecule has 0 fully saturated rings. The summed E-state index contributed by atoms with van der Waals surface area (Å²) in [5.41, 5.74) is -2.10. The number of carbonyl (C=O) groups excluding carboxylic acids is 1. The normalized spacial score (nSPS) is 11.8. The lowest BCUT2D eigenvalue weighted by Gasteiger charge is -2.14. The van der Waals surface area contributed by atoms with Crippen LogP contribution in [0.3, 0.4) is 0 Å². The van der Waals surface area contributed by atoms with Crippen LogP contribution in [-0.4, -0.2) is 45.1 Å². The molecule has 0 bridgehead atoms. The van der Waals surface area contributed by atoms with Crippen molar-refractivity contribution in [2.75, 3.05) is 5.32 Å². The number of nitrogens with one attached hydrogen (secondary N) is 1. The number of imidazole rings is 1. The fourth-order valence-electron chi connectivity index (χ4n) is 3.28. The SMILES string of the molecule is O=C(Nc1cnc(-n2nccn2)c(Cl)c1)c1cnn(-c2c(F)ccc3nccn23)c1C(F)(F)F. The summed E-state index contributed by atoms with van der Waals surface area (Å²) < 4.78 is 58.1. The molecule has 5 heterocycles. The molecule has 0 aliphatic carbocycles.